The molecule has 1 saturated heterocycles. The maximum absolute atomic E-state index is 12.9. The zero-order valence-corrected chi connectivity index (χ0v) is 15.3. The summed E-state index contributed by atoms with van der Waals surface area (Å²) < 4.78 is 0. The van der Waals surface area contributed by atoms with E-state index in [9.17, 15) is 14.4 Å². The molecule has 1 aromatic heterocycles. The van der Waals surface area contributed by atoms with Gasteiger partial charge in [-0.05, 0) is 27.2 Å². The van der Waals surface area contributed by atoms with Crippen molar-refractivity contribution in [3.63, 3.8) is 0 Å². The minimum atomic E-state index is -0.686. The molecule has 0 aliphatic carbocycles. The van der Waals surface area contributed by atoms with E-state index in [0.29, 0.717) is 25.2 Å². The smallest absolute Gasteiger partial charge is 0.274 e. The van der Waals surface area contributed by atoms with Gasteiger partial charge in [0.2, 0.25) is 11.8 Å². The van der Waals surface area contributed by atoms with Crippen molar-refractivity contribution in [1.82, 2.24) is 25.1 Å². The monoisotopic (exact) mass is 363 g/mol. The Morgan fingerprint density at radius 1 is 1.27 bits per heavy atom. The molecule has 0 spiro atoms. The quantitative estimate of drug-likeness (QED) is 0.694. The number of aromatic nitrogens is 2. The molecule has 2 rings (SSSR count). The molecule has 2 atom stereocenters. The molecule has 1 fully saturated rings. The molecule has 3 amide bonds. The van der Waals surface area contributed by atoms with Crippen LogP contribution in [0.3, 0.4) is 0 Å². The van der Waals surface area contributed by atoms with E-state index in [0.717, 1.165) is 0 Å². The molecule has 0 saturated carbocycles. The van der Waals surface area contributed by atoms with Gasteiger partial charge < -0.3 is 20.2 Å². The molecule has 0 radical (unpaired) electrons. The van der Waals surface area contributed by atoms with E-state index in [2.05, 4.69) is 15.3 Å². The van der Waals surface area contributed by atoms with E-state index in [1.165, 1.54) is 17.3 Å². The first-order valence-corrected chi connectivity index (χ1v) is 8.69. The summed E-state index contributed by atoms with van der Waals surface area (Å²) in [6.45, 7) is 6.13. The Bertz CT molecular complexity index is 660. The van der Waals surface area contributed by atoms with Crippen LogP contribution in [0.1, 0.15) is 36.5 Å². The Kier molecular flexibility index (Phi) is 6.62. The number of nitrogens with zero attached hydrogens (tertiary/aromatic N) is 4. The molecule has 142 valence electrons. The predicted molar refractivity (Wildman–Crippen MR) is 93.2 cm³/mol. The summed E-state index contributed by atoms with van der Waals surface area (Å²) in [4.78, 5) is 48.5. The fourth-order valence-corrected chi connectivity index (χ4v) is 3.07. The van der Waals surface area contributed by atoms with Crippen LogP contribution in [0.5, 0.6) is 0 Å². The number of rotatable bonds is 6. The topological polar surface area (TPSA) is 116 Å². The average Bonchev–Trinajstić information content (AvgIpc) is 3.06. The second-order valence-electron chi connectivity index (χ2n) is 6.19. The molecule has 0 unspecified atom stereocenters. The number of carbonyl (C=O) groups is 3. The van der Waals surface area contributed by atoms with Crippen LogP contribution in [0.25, 0.3) is 0 Å². The fourth-order valence-electron chi connectivity index (χ4n) is 3.07. The molecule has 2 N–H and O–H groups in total. The Morgan fingerprint density at radius 3 is 2.50 bits per heavy atom. The van der Waals surface area contributed by atoms with Crippen molar-refractivity contribution < 1.29 is 19.5 Å². The van der Waals surface area contributed by atoms with Gasteiger partial charge in [0.1, 0.15) is 18.3 Å². The lowest BCUT2D eigenvalue weighted by Crippen LogP contribution is -2.48. The SMILES string of the molecule is CCN(CC)C(=O)[C@@H]1C[C@@H](NC(=O)CO)CN1C(=O)c1cnc(C)cn1. The van der Waals surface area contributed by atoms with Crippen LogP contribution in [0.4, 0.5) is 0 Å². The van der Waals surface area contributed by atoms with Crippen LogP contribution in [0.15, 0.2) is 12.4 Å². The van der Waals surface area contributed by atoms with E-state index in [4.69, 9.17) is 5.11 Å². The highest BCUT2D eigenvalue weighted by Crippen LogP contribution is 2.22. The van der Waals surface area contributed by atoms with Crippen LogP contribution in [0, 0.1) is 6.92 Å². The van der Waals surface area contributed by atoms with Gasteiger partial charge in [0, 0.05) is 31.9 Å². The van der Waals surface area contributed by atoms with Crippen molar-refractivity contribution in [2.75, 3.05) is 26.2 Å². The number of aliphatic hydroxyl groups excluding tert-OH is 1. The second-order valence-corrected chi connectivity index (χ2v) is 6.19. The van der Waals surface area contributed by atoms with Gasteiger partial charge in [-0.15, -0.1) is 0 Å². The van der Waals surface area contributed by atoms with Gasteiger partial charge in [0.05, 0.1) is 11.9 Å². The largest absolute Gasteiger partial charge is 0.387 e. The summed E-state index contributed by atoms with van der Waals surface area (Å²) in [6.07, 6.45) is 3.18. The zero-order chi connectivity index (χ0) is 19.3. The first-order chi connectivity index (χ1) is 12.4. The maximum Gasteiger partial charge on any atom is 0.274 e. The standard InChI is InChI=1S/C17H25N5O4/c1-4-21(5-2)17(26)14-6-12(20-15(24)10-23)9-22(14)16(25)13-8-18-11(3)7-19-13/h7-8,12,14,23H,4-6,9-10H2,1-3H3,(H,20,24)/t12-,14+/m1/s1. The van der Waals surface area contributed by atoms with Crippen molar-refractivity contribution in [2.24, 2.45) is 0 Å². The van der Waals surface area contributed by atoms with Crippen molar-refractivity contribution >= 4 is 17.7 Å². The van der Waals surface area contributed by atoms with Gasteiger partial charge in [0.25, 0.3) is 5.91 Å². The minimum absolute atomic E-state index is 0.155. The number of amides is 3. The molecule has 26 heavy (non-hydrogen) atoms. The highest BCUT2D eigenvalue weighted by Gasteiger charge is 2.42. The average molecular weight is 363 g/mol. The molecule has 0 bridgehead atoms. The molecule has 1 aliphatic rings. The van der Waals surface area contributed by atoms with Crippen molar-refractivity contribution in [3.05, 3.63) is 23.8 Å². The summed E-state index contributed by atoms with van der Waals surface area (Å²) in [5, 5.41) is 11.6. The Balaban J connectivity index is 2.25. The number of likely N-dealkylation sites (N-methyl/N-ethyl adjacent to an activating group) is 1. The highest BCUT2D eigenvalue weighted by molar-refractivity contribution is 5.96. The van der Waals surface area contributed by atoms with Gasteiger partial charge in [-0.1, -0.05) is 0 Å². The molecule has 2 heterocycles. The highest BCUT2D eigenvalue weighted by atomic mass is 16.3. The third-order valence-electron chi connectivity index (χ3n) is 4.43. The minimum Gasteiger partial charge on any atom is -0.387 e. The van der Waals surface area contributed by atoms with Crippen molar-refractivity contribution in [3.8, 4) is 0 Å². The lowest BCUT2D eigenvalue weighted by atomic mass is 10.1. The number of hydrogen-bond donors (Lipinski definition) is 2. The molecule has 1 aliphatic heterocycles. The van der Waals surface area contributed by atoms with Crippen LogP contribution >= 0.6 is 0 Å². The Morgan fingerprint density at radius 2 is 1.96 bits per heavy atom. The van der Waals surface area contributed by atoms with Crippen molar-refractivity contribution in [2.45, 2.75) is 39.3 Å². The van der Waals surface area contributed by atoms with Crippen LogP contribution in [-0.2, 0) is 9.59 Å². The van der Waals surface area contributed by atoms with Crippen LogP contribution in [0.2, 0.25) is 0 Å². The van der Waals surface area contributed by atoms with E-state index in [-0.39, 0.29) is 18.1 Å². The normalized spacial score (nSPS) is 19.3. The van der Waals surface area contributed by atoms with Gasteiger partial charge in [0.15, 0.2) is 0 Å². The molecular weight excluding hydrogens is 338 g/mol. The number of likely N-dealkylation sites (tertiary alicyclic amines) is 1. The van der Waals surface area contributed by atoms with Crippen molar-refractivity contribution in [1.29, 1.82) is 0 Å². The Hall–Kier alpha value is -2.55. The first kappa shape index (κ1) is 19.8. The molecule has 9 heteroatoms. The zero-order valence-electron chi connectivity index (χ0n) is 15.3. The third-order valence-corrected chi connectivity index (χ3v) is 4.43. The maximum atomic E-state index is 12.9. The lowest BCUT2D eigenvalue weighted by molar-refractivity contribution is -0.135. The summed E-state index contributed by atoms with van der Waals surface area (Å²) >= 11 is 0. The number of aliphatic hydroxyl groups is 1. The molecule has 0 aromatic carbocycles. The van der Waals surface area contributed by atoms with Gasteiger partial charge >= 0.3 is 0 Å². The molecule has 9 nitrogen and oxygen atoms in total. The predicted octanol–water partition coefficient (Wildman–Crippen LogP) is -0.655. The van der Waals surface area contributed by atoms with E-state index in [1.54, 1.807) is 11.8 Å². The number of hydrogen-bond acceptors (Lipinski definition) is 6. The molecular formula is C17H25N5O4. The summed E-state index contributed by atoms with van der Waals surface area (Å²) in [5.41, 5.74) is 0.842. The number of aryl methyl sites for hydroxylation is 1. The van der Waals surface area contributed by atoms with Gasteiger partial charge in [-0.3, -0.25) is 19.4 Å². The van der Waals surface area contributed by atoms with Gasteiger partial charge in [-0.25, -0.2) is 4.98 Å². The summed E-state index contributed by atoms with van der Waals surface area (Å²) in [7, 11) is 0. The van der Waals surface area contributed by atoms with E-state index in [1.807, 2.05) is 13.8 Å². The first-order valence-electron chi connectivity index (χ1n) is 8.69. The second kappa shape index (κ2) is 8.70. The van der Waals surface area contributed by atoms with E-state index >= 15 is 0 Å². The Labute approximate surface area is 152 Å². The molecule has 1 aromatic rings. The lowest BCUT2D eigenvalue weighted by Gasteiger charge is -2.28. The number of carbonyl (C=O) groups excluding carboxylic acids is 3. The fraction of sp³-hybridized carbons (Fsp3) is 0.588. The van der Waals surface area contributed by atoms with E-state index < -0.39 is 30.5 Å². The van der Waals surface area contributed by atoms with Crippen LogP contribution < -0.4 is 5.32 Å². The summed E-state index contributed by atoms with van der Waals surface area (Å²) in [6, 6.07) is -1.09. The third kappa shape index (κ3) is 4.34. The number of nitrogens with one attached hydrogen (secondary N) is 1. The van der Waals surface area contributed by atoms with Crippen LogP contribution in [-0.4, -0.2) is 80.9 Å². The summed E-state index contributed by atoms with van der Waals surface area (Å²) in [5.74, 6) is -1.10. The van der Waals surface area contributed by atoms with Gasteiger partial charge in [-0.2, -0.15) is 0 Å².